The second-order valence-electron chi connectivity index (χ2n) is 6.61. The van der Waals surface area contributed by atoms with Crippen molar-refractivity contribution in [1.82, 2.24) is 15.1 Å². The van der Waals surface area contributed by atoms with Crippen molar-refractivity contribution in [2.45, 2.75) is 58.7 Å². The molecule has 5 heteroatoms. The topological polar surface area (TPSA) is 56.2 Å². The van der Waals surface area contributed by atoms with E-state index in [9.17, 15) is 4.79 Å². The van der Waals surface area contributed by atoms with Crippen LogP contribution in [0, 0.1) is 11.8 Å². The van der Waals surface area contributed by atoms with Crippen LogP contribution < -0.4 is 5.32 Å². The predicted molar refractivity (Wildman–Crippen MR) is 80.2 cm³/mol. The molecule has 0 spiro atoms. The van der Waals surface area contributed by atoms with Gasteiger partial charge in [-0.15, -0.1) is 0 Å². The summed E-state index contributed by atoms with van der Waals surface area (Å²) in [6.45, 7) is 7.92. The molecule has 1 aromatic heterocycles. The highest BCUT2D eigenvalue weighted by Gasteiger charge is 2.45. The number of aryl methyl sites for hydroxylation is 1. The zero-order valence-corrected chi connectivity index (χ0v) is 13.1. The number of fused-ring (bicyclic) bond motifs is 1. The van der Waals surface area contributed by atoms with E-state index in [0.29, 0.717) is 23.6 Å². The van der Waals surface area contributed by atoms with Crippen LogP contribution in [0.15, 0.2) is 6.07 Å². The third kappa shape index (κ3) is 2.84. The summed E-state index contributed by atoms with van der Waals surface area (Å²) in [6.07, 6.45) is 3.31. The van der Waals surface area contributed by atoms with Crippen LogP contribution in [0.2, 0.25) is 0 Å². The van der Waals surface area contributed by atoms with E-state index in [4.69, 9.17) is 4.74 Å². The third-order valence-electron chi connectivity index (χ3n) is 4.56. The van der Waals surface area contributed by atoms with Crippen LogP contribution in [0.1, 0.15) is 49.8 Å². The maximum Gasteiger partial charge on any atom is 0.269 e. The van der Waals surface area contributed by atoms with Crippen molar-refractivity contribution in [2.75, 3.05) is 6.61 Å². The third-order valence-corrected chi connectivity index (χ3v) is 4.56. The summed E-state index contributed by atoms with van der Waals surface area (Å²) in [5, 5.41) is 7.70. The highest BCUT2D eigenvalue weighted by molar-refractivity contribution is 5.93. The molecule has 1 aliphatic carbocycles. The molecule has 1 amide bonds. The van der Waals surface area contributed by atoms with Crippen LogP contribution in [0.5, 0.6) is 0 Å². The first-order valence-electron chi connectivity index (χ1n) is 8.07. The van der Waals surface area contributed by atoms with E-state index >= 15 is 0 Å². The normalized spacial score (nSPS) is 27.5. The van der Waals surface area contributed by atoms with Gasteiger partial charge in [0.15, 0.2) is 0 Å². The van der Waals surface area contributed by atoms with Crippen LogP contribution in [0.25, 0.3) is 0 Å². The standard InChI is InChI=1S/C16H25N3O2/c1-4-19-14(8-11(18-19)7-10(2)3)16(20)17-13-9-15-12(13)5-6-21-15/h8,10,12-13,15H,4-7,9H2,1-3H3,(H,17,20)/t12-,13+,15+/m1/s1. The second kappa shape index (κ2) is 5.79. The number of rotatable bonds is 5. The summed E-state index contributed by atoms with van der Waals surface area (Å²) in [5.41, 5.74) is 1.70. The van der Waals surface area contributed by atoms with Gasteiger partial charge in [-0.2, -0.15) is 5.10 Å². The smallest absolute Gasteiger partial charge is 0.269 e. The molecule has 1 saturated heterocycles. The number of hydrogen-bond donors (Lipinski definition) is 1. The van der Waals surface area contributed by atoms with Crippen molar-refractivity contribution >= 4 is 5.91 Å². The molecule has 116 valence electrons. The van der Waals surface area contributed by atoms with Crippen LogP contribution >= 0.6 is 0 Å². The van der Waals surface area contributed by atoms with E-state index in [1.165, 1.54) is 0 Å². The zero-order valence-electron chi connectivity index (χ0n) is 13.1. The lowest BCUT2D eigenvalue weighted by molar-refractivity contribution is 0.00795. The van der Waals surface area contributed by atoms with Crippen molar-refractivity contribution in [1.29, 1.82) is 0 Å². The first kappa shape index (κ1) is 14.6. The number of nitrogens with zero attached hydrogens (tertiary/aromatic N) is 2. The Hall–Kier alpha value is -1.36. The molecule has 3 rings (SSSR count). The van der Waals surface area contributed by atoms with E-state index in [2.05, 4.69) is 24.3 Å². The molecule has 2 fully saturated rings. The minimum absolute atomic E-state index is 0.00899. The Kier molecular flexibility index (Phi) is 4.02. The van der Waals surface area contributed by atoms with Gasteiger partial charge in [0.05, 0.1) is 11.8 Å². The molecule has 3 atom stereocenters. The van der Waals surface area contributed by atoms with Gasteiger partial charge >= 0.3 is 0 Å². The average molecular weight is 291 g/mol. The molecule has 0 radical (unpaired) electrons. The van der Waals surface area contributed by atoms with Gasteiger partial charge in [-0.05, 0) is 38.2 Å². The number of carbonyl (C=O) groups excluding carboxylic acids is 1. The van der Waals surface area contributed by atoms with Gasteiger partial charge in [0.1, 0.15) is 5.69 Å². The minimum atomic E-state index is 0.00899. The Bertz CT molecular complexity index is 524. The Morgan fingerprint density at radius 2 is 2.38 bits per heavy atom. The second-order valence-corrected chi connectivity index (χ2v) is 6.61. The largest absolute Gasteiger partial charge is 0.378 e. The van der Waals surface area contributed by atoms with Crippen molar-refractivity contribution in [3.05, 3.63) is 17.5 Å². The molecular weight excluding hydrogens is 266 g/mol. The number of hydrogen-bond acceptors (Lipinski definition) is 3. The van der Waals surface area contributed by atoms with Crippen LogP contribution in [0.4, 0.5) is 0 Å². The molecule has 0 aromatic carbocycles. The highest BCUT2D eigenvalue weighted by Crippen LogP contribution is 2.38. The quantitative estimate of drug-likeness (QED) is 0.903. The van der Waals surface area contributed by atoms with Gasteiger partial charge in [-0.3, -0.25) is 9.48 Å². The van der Waals surface area contributed by atoms with Crippen LogP contribution in [-0.4, -0.2) is 34.4 Å². The van der Waals surface area contributed by atoms with Gasteiger partial charge in [0.25, 0.3) is 5.91 Å². The Balaban J connectivity index is 1.67. The van der Waals surface area contributed by atoms with E-state index in [1.54, 1.807) is 0 Å². The maximum absolute atomic E-state index is 12.5. The van der Waals surface area contributed by atoms with Gasteiger partial charge in [0, 0.05) is 25.1 Å². The summed E-state index contributed by atoms with van der Waals surface area (Å²) in [7, 11) is 0. The minimum Gasteiger partial charge on any atom is -0.378 e. The summed E-state index contributed by atoms with van der Waals surface area (Å²) in [5.74, 6) is 1.07. The Morgan fingerprint density at radius 1 is 1.57 bits per heavy atom. The zero-order chi connectivity index (χ0) is 15.0. The molecule has 21 heavy (non-hydrogen) atoms. The summed E-state index contributed by atoms with van der Waals surface area (Å²) in [4.78, 5) is 12.5. The van der Waals surface area contributed by atoms with E-state index in [1.807, 2.05) is 17.7 Å². The Labute approximate surface area is 126 Å². The summed E-state index contributed by atoms with van der Waals surface area (Å²) in [6, 6.07) is 2.22. The lowest BCUT2D eigenvalue weighted by Gasteiger charge is -2.39. The van der Waals surface area contributed by atoms with Gasteiger partial charge in [-0.25, -0.2) is 0 Å². The van der Waals surface area contributed by atoms with Gasteiger partial charge in [0.2, 0.25) is 0 Å². The van der Waals surface area contributed by atoms with Crippen LogP contribution in [-0.2, 0) is 17.7 Å². The van der Waals surface area contributed by atoms with Gasteiger partial charge in [-0.1, -0.05) is 13.8 Å². The first-order chi connectivity index (χ1) is 10.1. The number of carbonyl (C=O) groups is 1. The first-order valence-corrected chi connectivity index (χ1v) is 8.07. The van der Waals surface area contributed by atoms with Crippen molar-refractivity contribution in [3.8, 4) is 0 Å². The van der Waals surface area contributed by atoms with E-state index < -0.39 is 0 Å². The van der Waals surface area contributed by atoms with Crippen molar-refractivity contribution in [3.63, 3.8) is 0 Å². The van der Waals surface area contributed by atoms with E-state index in [-0.39, 0.29) is 11.9 Å². The maximum atomic E-state index is 12.5. The summed E-state index contributed by atoms with van der Waals surface area (Å²) < 4.78 is 7.41. The molecule has 2 heterocycles. The molecule has 1 aliphatic heterocycles. The average Bonchev–Trinajstić information content (AvgIpc) is 2.98. The molecule has 1 aromatic rings. The fourth-order valence-corrected chi connectivity index (χ4v) is 3.42. The lowest BCUT2D eigenvalue weighted by atomic mass is 9.76. The fourth-order valence-electron chi connectivity index (χ4n) is 3.42. The highest BCUT2D eigenvalue weighted by atomic mass is 16.5. The molecule has 1 saturated carbocycles. The molecular formula is C16H25N3O2. The molecule has 1 N–H and O–H groups in total. The van der Waals surface area contributed by atoms with Gasteiger partial charge < -0.3 is 10.1 Å². The lowest BCUT2D eigenvalue weighted by Crippen LogP contribution is -2.53. The number of nitrogens with one attached hydrogen (secondary N) is 1. The number of aromatic nitrogens is 2. The van der Waals surface area contributed by atoms with E-state index in [0.717, 1.165) is 38.1 Å². The van der Waals surface area contributed by atoms with Crippen molar-refractivity contribution in [2.24, 2.45) is 11.8 Å². The predicted octanol–water partition coefficient (Wildman–Crippen LogP) is 2.01. The number of amides is 1. The molecule has 2 aliphatic rings. The molecule has 5 nitrogen and oxygen atoms in total. The van der Waals surface area contributed by atoms with Crippen LogP contribution in [0.3, 0.4) is 0 Å². The molecule has 0 bridgehead atoms. The monoisotopic (exact) mass is 291 g/mol. The Morgan fingerprint density at radius 3 is 3.05 bits per heavy atom. The number of ether oxygens (including phenoxy) is 1. The summed E-state index contributed by atoms with van der Waals surface area (Å²) >= 11 is 0. The fraction of sp³-hybridized carbons (Fsp3) is 0.750. The molecule has 0 unspecified atom stereocenters. The van der Waals surface area contributed by atoms with Crippen molar-refractivity contribution < 1.29 is 9.53 Å². The SMILES string of the molecule is CCn1nc(CC(C)C)cc1C(=O)N[C@H]1C[C@@H]2OCC[C@H]12.